The Labute approximate surface area is 143 Å². The highest BCUT2D eigenvalue weighted by molar-refractivity contribution is 7.99. The fourth-order valence-electron chi connectivity index (χ4n) is 2.09. The van der Waals surface area contributed by atoms with Crippen molar-refractivity contribution in [3.8, 4) is 0 Å². The van der Waals surface area contributed by atoms with E-state index in [1.807, 2.05) is 0 Å². The van der Waals surface area contributed by atoms with Gasteiger partial charge in [-0.15, -0.1) is 11.8 Å². The molecule has 0 atom stereocenters. The number of anilines is 1. The Morgan fingerprint density at radius 1 is 1.46 bits per heavy atom. The normalized spacial score (nSPS) is 13.5. The number of nitrogens with one attached hydrogen (secondary N) is 1. The van der Waals surface area contributed by atoms with E-state index in [4.69, 9.17) is 4.52 Å². The number of ether oxygens (including phenoxy) is 1. The second kappa shape index (κ2) is 7.48. The molecule has 8 heteroatoms. The predicted octanol–water partition coefficient (Wildman–Crippen LogP) is 2.85. The third kappa shape index (κ3) is 4.14. The molecule has 1 N–H and O–H groups in total. The van der Waals surface area contributed by atoms with E-state index in [1.165, 1.54) is 18.9 Å². The smallest absolute Gasteiger partial charge is 0.306 e. The number of amides is 1. The maximum absolute atomic E-state index is 12.3. The fraction of sp³-hybridized carbons (Fsp3) is 0.375. The molecule has 0 aliphatic heterocycles. The molecule has 0 saturated heterocycles. The molecule has 2 aromatic heterocycles. The van der Waals surface area contributed by atoms with Crippen LogP contribution in [0.2, 0.25) is 0 Å². The fourth-order valence-corrected chi connectivity index (χ4v) is 2.96. The Balaban J connectivity index is 1.63. The Bertz CT molecular complexity index is 742. The second-order valence-corrected chi connectivity index (χ2v) is 6.46. The van der Waals surface area contributed by atoms with Gasteiger partial charge < -0.3 is 14.6 Å². The van der Waals surface area contributed by atoms with Gasteiger partial charge in [0.1, 0.15) is 5.03 Å². The summed E-state index contributed by atoms with van der Waals surface area (Å²) in [6.07, 6.45) is 4.10. The number of carbonyl (C=O) groups excluding carboxylic acids is 2. The molecule has 1 amide bonds. The number of hydrogen-bond donors (Lipinski definition) is 1. The molecule has 1 saturated carbocycles. The third-order valence-electron chi connectivity index (χ3n) is 3.54. The van der Waals surface area contributed by atoms with E-state index < -0.39 is 0 Å². The summed E-state index contributed by atoms with van der Waals surface area (Å²) in [6, 6.07) is 5.17. The van der Waals surface area contributed by atoms with E-state index in [2.05, 4.69) is 20.2 Å². The van der Waals surface area contributed by atoms with Crippen molar-refractivity contribution in [1.29, 1.82) is 0 Å². The first kappa shape index (κ1) is 16.5. The molecule has 7 nitrogen and oxygen atoms in total. The van der Waals surface area contributed by atoms with Crippen molar-refractivity contribution < 1.29 is 18.8 Å². The van der Waals surface area contributed by atoms with E-state index >= 15 is 0 Å². The van der Waals surface area contributed by atoms with Gasteiger partial charge in [-0.2, -0.15) is 0 Å². The van der Waals surface area contributed by atoms with Crippen LogP contribution in [0, 0.1) is 0 Å². The molecule has 0 unspecified atom stereocenters. The second-order valence-electron chi connectivity index (χ2n) is 5.38. The van der Waals surface area contributed by atoms with Gasteiger partial charge in [0.05, 0.1) is 24.9 Å². The van der Waals surface area contributed by atoms with E-state index in [0.717, 1.165) is 18.5 Å². The number of esters is 1. The molecule has 1 aliphatic rings. The van der Waals surface area contributed by atoms with Crippen molar-refractivity contribution in [2.75, 3.05) is 18.2 Å². The number of thioether (sulfide) groups is 1. The maximum Gasteiger partial charge on any atom is 0.306 e. The monoisotopic (exact) mass is 347 g/mol. The van der Waals surface area contributed by atoms with E-state index in [0.29, 0.717) is 22.4 Å². The largest absolute Gasteiger partial charge is 0.469 e. The van der Waals surface area contributed by atoms with Gasteiger partial charge >= 0.3 is 5.97 Å². The summed E-state index contributed by atoms with van der Waals surface area (Å²) in [5.41, 5.74) is 1.40. The van der Waals surface area contributed by atoms with Gasteiger partial charge in [-0.1, -0.05) is 5.16 Å². The molecular weight excluding hydrogens is 330 g/mol. The van der Waals surface area contributed by atoms with Gasteiger partial charge in [0.2, 0.25) is 5.76 Å². The summed E-state index contributed by atoms with van der Waals surface area (Å²) in [7, 11) is 1.35. The van der Waals surface area contributed by atoms with Gasteiger partial charge in [0.15, 0.2) is 0 Å². The number of rotatable bonds is 7. The highest BCUT2D eigenvalue weighted by atomic mass is 32.2. The third-order valence-corrected chi connectivity index (χ3v) is 4.55. The molecule has 126 valence electrons. The maximum atomic E-state index is 12.3. The van der Waals surface area contributed by atoms with Gasteiger partial charge in [-0.05, 0) is 25.0 Å². The lowest BCUT2D eigenvalue weighted by Crippen LogP contribution is -2.12. The average Bonchev–Trinajstić information content (AvgIpc) is 3.33. The minimum Gasteiger partial charge on any atom is -0.469 e. The van der Waals surface area contributed by atoms with Gasteiger partial charge in [0.25, 0.3) is 5.91 Å². The van der Waals surface area contributed by atoms with Crippen LogP contribution in [0.5, 0.6) is 0 Å². The highest BCUT2D eigenvalue weighted by Crippen LogP contribution is 2.39. The minimum atomic E-state index is -0.364. The molecule has 0 aromatic carbocycles. The van der Waals surface area contributed by atoms with Crippen LogP contribution in [0.4, 0.5) is 5.69 Å². The summed E-state index contributed by atoms with van der Waals surface area (Å²) in [4.78, 5) is 27.7. The molecule has 1 fully saturated rings. The van der Waals surface area contributed by atoms with Crippen LogP contribution in [0.25, 0.3) is 0 Å². The number of nitrogens with zero attached hydrogens (tertiary/aromatic N) is 2. The zero-order valence-corrected chi connectivity index (χ0v) is 14.0. The average molecular weight is 347 g/mol. The van der Waals surface area contributed by atoms with E-state index in [9.17, 15) is 9.59 Å². The lowest BCUT2D eigenvalue weighted by Gasteiger charge is -2.08. The predicted molar refractivity (Wildman–Crippen MR) is 88.0 cm³/mol. The summed E-state index contributed by atoms with van der Waals surface area (Å²) in [5, 5.41) is 7.35. The SMILES string of the molecule is COC(=O)CCSc1ncccc1NC(=O)c1cc(C2CC2)no1. The standard InChI is InChI=1S/C16H17N3O4S/c1-22-14(20)6-8-24-16-11(3-2-7-17-16)18-15(21)13-9-12(19-23-13)10-4-5-10/h2-3,7,9-10H,4-6,8H2,1H3,(H,18,21). The molecule has 0 radical (unpaired) electrons. The van der Waals surface area contributed by atoms with Crippen molar-refractivity contribution in [1.82, 2.24) is 10.1 Å². The van der Waals surface area contributed by atoms with Gasteiger partial charge in [-0.25, -0.2) is 4.98 Å². The summed E-state index contributed by atoms with van der Waals surface area (Å²) in [5.74, 6) is 0.487. The first-order valence-electron chi connectivity index (χ1n) is 7.60. The van der Waals surface area contributed by atoms with Crippen LogP contribution in [0.1, 0.15) is 41.4 Å². The van der Waals surface area contributed by atoms with Crippen LogP contribution in [0.3, 0.4) is 0 Å². The van der Waals surface area contributed by atoms with Crippen LogP contribution >= 0.6 is 11.8 Å². The number of pyridine rings is 1. The lowest BCUT2D eigenvalue weighted by atomic mass is 10.2. The van der Waals surface area contributed by atoms with Crippen LogP contribution in [-0.4, -0.2) is 34.9 Å². The topological polar surface area (TPSA) is 94.3 Å². The quantitative estimate of drug-likeness (QED) is 0.608. The molecule has 0 spiro atoms. The molecule has 2 heterocycles. The Morgan fingerprint density at radius 3 is 3.04 bits per heavy atom. The zero-order chi connectivity index (χ0) is 16.9. The van der Waals surface area contributed by atoms with Gasteiger partial charge in [0, 0.05) is 23.9 Å². The summed E-state index contributed by atoms with van der Waals surface area (Å²) < 4.78 is 9.72. The zero-order valence-electron chi connectivity index (χ0n) is 13.2. The van der Waals surface area contributed by atoms with E-state index in [1.54, 1.807) is 24.4 Å². The van der Waals surface area contributed by atoms with Crippen LogP contribution in [0.15, 0.2) is 33.9 Å². The molecule has 3 rings (SSSR count). The number of methoxy groups -OCH3 is 1. The molecule has 1 aliphatic carbocycles. The first-order chi connectivity index (χ1) is 11.7. The molecule has 0 bridgehead atoms. The van der Waals surface area contributed by atoms with E-state index in [-0.39, 0.29) is 24.1 Å². The van der Waals surface area contributed by atoms with Crippen molar-refractivity contribution >= 4 is 29.3 Å². The number of hydrogen-bond acceptors (Lipinski definition) is 7. The van der Waals surface area contributed by atoms with Crippen LogP contribution in [-0.2, 0) is 9.53 Å². The summed E-state index contributed by atoms with van der Waals surface area (Å²) in [6.45, 7) is 0. The number of carbonyl (C=O) groups is 2. The van der Waals surface area contributed by atoms with Crippen molar-refractivity contribution in [3.63, 3.8) is 0 Å². The van der Waals surface area contributed by atoms with Crippen molar-refractivity contribution in [2.45, 2.75) is 30.2 Å². The molecular formula is C16H17N3O4S. The Hall–Kier alpha value is -2.35. The first-order valence-corrected chi connectivity index (χ1v) is 8.58. The van der Waals surface area contributed by atoms with Gasteiger partial charge in [-0.3, -0.25) is 9.59 Å². The molecule has 2 aromatic rings. The Kier molecular flexibility index (Phi) is 5.14. The number of aromatic nitrogens is 2. The van der Waals surface area contributed by atoms with Crippen molar-refractivity contribution in [3.05, 3.63) is 35.9 Å². The minimum absolute atomic E-state index is 0.186. The van der Waals surface area contributed by atoms with Crippen LogP contribution < -0.4 is 5.32 Å². The highest BCUT2D eigenvalue weighted by Gasteiger charge is 2.28. The summed E-state index contributed by atoms with van der Waals surface area (Å²) >= 11 is 1.38. The Morgan fingerprint density at radius 2 is 2.29 bits per heavy atom. The van der Waals surface area contributed by atoms with Crippen molar-refractivity contribution in [2.24, 2.45) is 0 Å². The lowest BCUT2D eigenvalue weighted by molar-refractivity contribution is -0.140. The molecule has 24 heavy (non-hydrogen) atoms.